The van der Waals surface area contributed by atoms with Crippen LogP contribution in [0.2, 0.25) is 0 Å². The van der Waals surface area contributed by atoms with Crippen molar-refractivity contribution in [2.45, 2.75) is 12.8 Å². The van der Waals surface area contributed by atoms with Gasteiger partial charge in [0.1, 0.15) is 3.74 Å². The fourth-order valence-corrected chi connectivity index (χ4v) is 0.669. The maximum Gasteiger partial charge on any atom is 0.106 e. The average molecular weight is 227 g/mol. The van der Waals surface area contributed by atoms with E-state index in [1.807, 2.05) is 6.08 Å². The van der Waals surface area contributed by atoms with E-state index >= 15 is 0 Å². The van der Waals surface area contributed by atoms with Crippen LogP contribution in [0.25, 0.3) is 0 Å². The van der Waals surface area contributed by atoms with Gasteiger partial charge in [-0.3, -0.25) is 0 Å². The molecule has 0 aliphatic carbocycles. The highest BCUT2D eigenvalue weighted by atomic mass is 79.9. The molecule has 0 unspecified atom stereocenters. The van der Waals surface area contributed by atoms with Gasteiger partial charge in [-0.05, 0) is 12.8 Å². The molecule has 0 saturated carbocycles. The molecule has 0 rings (SSSR count). The third-order valence-electron chi connectivity index (χ3n) is 0.537. The lowest BCUT2D eigenvalue weighted by Gasteiger charge is -1.91. The fraction of sp³-hybridized carbons (Fsp3) is 0.400. The minimum Gasteiger partial charge on any atom is -0.103 e. The van der Waals surface area contributed by atoms with Crippen molar-refractivity contribution in [3.05, 3.63) is 16.4 Å². The van der Waals surface area contributed by atoms with Crippen LogP contribution in [0, 0.1) is 3.74 Å². The van der Waals surface area contributed by atoms with Crippen molar-refractivity contribution >= 4 is 31.9 Å². The van der Waals surface area contributed by atoms with Crippen molar-refractivity contribution in [2.75, 3.05) is 0 Å². The Labute approximate surface area is 61.2 Å². The van der Waals surface area contributed by atoms with Crippen LogP contribution in [0.5, 0.6) is 0 Å². The van der Waals surface area contributed by atoms with Gasteiger partial charge in [-0.25, -0.2) is 0 Å². The van der Waals surface area contributed by atoms with Gasteiger partial charge in [0.25, 0.3) is 0 Å². The second kappa shape index (κ2) is 4.85. The minimum atomic E-state index is 1.03. The summed E-state index contributed by atoms with van der Waals surface area (Å²) in [5, 5.41) is 0. The lowest BCUT2D eigenvalue weighted by Crippen LogP contribution is -1.69. The zero-order valence-corrected chi connectivity index (χ0v) is 7.13. The van der Waals surface area contributed by atoms with E-state index in [0.29, 0.717) is 0 Å². The molecular formula is C5H7Br2. The summed E-state index contributed by atoms with van der Waals surface area (Å²) in [6.07, 6.45) is 3.96. The second-order valence-corrected chi connectivity index (χ2v) is 4.14. The molecule has 41 valence electrons. The predicted octanol–water partition coefficient (Wildman–Crippen LogP) is 3.23. The van der Waals surface area contributed by atoms with Gasteiger partial charge in [-0.2, -0.15) is 0 Å². The Morgan fingerprint density at radius 3 is 2.29 bits per heavy atom. The molecule has 2 heteroatoms. The average Bonchev–Trinajstić information content (AvgIpc) is 1.61. The molecule has 0 aromatic rings. The minimum absolute atomic E-state index is 1.03. The van der Waals surface area contributed by atoms with Crippen LogP contribution >= 0.6 is 31.9 Å². The van der Waals surface area contributed by atoms with Crippen LogP contribution in [0.15, 0.2) is 12.7 Å². The molecule has 0 heterocycles. The second-order valence-electron chi connectivity index (χ2n) is 1.17. The molecule has 0 nitrogen and oxygen atoms in total. The summed E-state index contributed by atoms with van der Waals surface area (Å²) >= 11 is 6.52. The van der Waals surface area contributed by atoms with Crippen LogP contribution in [0.3, 0.4) is 0 Å². The summed E-state index contributed by atoms with van der Waals surface area (Å²) in [5.74, 6) is 0. The Hall–Kier alpha value is 0.700. The molecule has 0 N–H and O–H groups in total. The van der Waals surface area contributed by atoms with E-state index in [0.717, 1.165) is 16.6 Å². The van der Waals surface area contributed by atoms with Crippen LogP contribution < -0.4 is 0 Å². The van der Waals surface area contributed by atoms with Crippen LogP contribution in [0.1, 0.15) is 12.8 Å². The monoisotopic (exact) mass is 225 g/mol. The van der Waals surface area contributed by atoms with Gasteiger partial charge in [0, 0.05) is 0 Å². The van der Waals surface area contributed by atoms with Gasteiger partial charge in [-0.1, -0.05) is 37.9 Å². The summed E-state index contributed by atoms with van der Waals surface area (Å²) in [5.41, 5.74) is 0. The van der Waals surface area contributed by atoms with Gasteiger partial charge in [0.15, 0.2) is 0 Å². The topological polar surface area (TPSA) is 0 Å². The third-order valence-corrected chi connectivity index (χ3v) is 1.33. The first-order chi connectivity index (χ1) is 3.27. The number of rotatable bonds is 3. The van der Waals surface area contributed by atoms with E-state index in [2.05, 4.69) is 38.4 Å². The van der Waals surface area contributed by atoms with E-state index < -0.39 is 0 Å². The van der Waals surface area contributed by atoms with Crippen LogP contribution in [-0.2, 0) is 0 Å². The molecule has 0 aromatic heterocycles. The molecule has 0 fully saturated rings. The summed E-state index contributed by atoms with van der Waals surface area (Å²) in [6.45, 7) is 3.58. The van der Waals surface area contributed by atoms with Gasteiger partial charge in [0.2, 0.25) is 0 Å². The van der Waals surface area contributed by atoms with E-state index in [-0.39, 0.29) is 0 Å². The Morgan fingerprint density at radius 2 is 2.14 bits per heavy atom. The predicted molar refractivity (Wildman–Crippen MR) is 40.5 cm³/mol. The van der Waals surface area contributed by atoms with Crippen molar-refractivity contribution in [2.24, 2.45) is 0 Å². The highest BCUT2D eigenvalue weighted by Crippen LogP contribution is 2.23. The maximum absolute atomic E-state index is 3.58. The fourth-order valence-electron chi connectivity index (χ4n) is 0.211. The normalized spacial score (nSPS) is 9.57. The molecule has 0 saturated heterocycles. The Kier molecular flexibility index (Phi) is 5.33. The largest absolute Gasteiger partial charge is 0.106 e. The summed E-state index contributed by atoms with van der Waals surface area (Å²) in [4.78, 5) is 0. The number of halogens is 2. The van der Waals surface area contributed by atoms with E-state index in [4.69, 9.17) is 0 Å². The number of allylic oxidation sites excluding steroid dienone is 1. The number of hydrogen-bond donors (Lipinski definition) is 0. The van der Waals surface area contributed by atoms with Gasteiger partial charge >= 0.3 is 0 Å². The molecule has 1 radical (unpaired) electrons. The molecule has 0 aliphatic rings. The first-order valence-electron chi connectivity index (χ1n) is 2.05. The molecule has 7 heavy (non-hydrogen) atoms. The quantitative estimate of drug-likeness (QED) is 0.649. The lowest BCUT2D eigenvalue weighted by molar-refractivity contribution is 1.03. The molecular weight excluding hydrogens is 220 g/mol. The molecule has 0 aromatic carbocycles. The molecule has 0 atom stereocenters. The van der Waals surface area contributed by atoms with Crippen LogP contribution in [-0.4, -0.2) is 0 Å². The van der Waals surface area contributed by atoms with Crippen molar-refractivity contribution in [3.63, 3.8) is 0 Å². The summed E-state index contributed by atoms with van der Waals surface area (Å²) in [7, 11) is 0. The van der Waals surface area contributed by atoms with E-state index in [9.17, 15) is 0 Å². The van der Waals surface area contributed by atoms with Crippen molar-refractivity contribution in [3.8, 4) is 0 Å². The molecule has 0 aliphatic heterocycles. The summed E-state index contributed by atoms with van der Waals surface area (Å²) < 4.78 is 1.11. The Morgan fingerprint density at radius 1 is 1.57 bits per heavy atom. The first kappa shape index (κ1) is 7.70. The van der Waals surface area contributed by atoms with Gasteiger partial charge < -0.3 is 0 Å². The molecule has 0 bridgehead atoms. The first-order valence-corrected chi connectivity index (χ1v) is 3.63. The van der Waals surface area contributed by atoms with Crippen molar-refractivity contribution in [1.82, 2.24) is 0 Å². The highest BCUT2D eigenvalue weighted by molar-refractivity contribution is 9.27. The molecule has 0 amide bonds. The zero-order valence-electron chi connectivity index (χ0n) is 3.95. The standard InChI is InChI=1S/C5H7Br2/c1-2-3-4-5(6)7/h2H,1,3-4H2. The maximum atomic E-state index is 3.58. The smallest absolute Gasteiger partial charge is 0.103 e. The zero-order chi connectivity index (χ0) is 5.70. The third kappa shape index (κ3) is 6.70. The Bertz CT molecular complexity index is 50.0. The molecule has 0 spiro atoms. The highest BCUT2D eigenvalue weighted by Gasteiger charge is 1.93. The Balaban J connectivity index is 2.81. The van der Waals surface area contributed by atoms with Crippen molar-refractivity contribution < 1.29 is 0 Å². The van der Waals surface area contributed by atoms with Crippen LogP contribution in [0.4, 0.5) is 0 Å². The SMILES string of the molecule is C=CCC[C](Br)Br. The van der Waals surface area contributed by atoms with Gasteiger partial charge in [-0.15, -0.1) is 6.58 Å². The lowest BCUT2D eigenvalue weighted by atomic mass is 10.3. The van der Waals surface area contributed by atoms with E-state index in [1.54, 1.807) is 0 Å². The van der Waals surface area contributed by atoms with Gasteiger partial charge in [0.05, 0.1) is 0 Å². The van der Waals surface area contributed by atoms with Crippen molar-refractivity contribution in [1.29, 1.82) is 0 Å². The van der Waals surface area contributed by atoms with E-state index in [1.165, 1.54) is 0 Å². The number of hydrogen-bond acceptors (Lipinski definition) is 0. The summed E-state index contributed by atoms with van der Waals surface area (Å²) in [6, 6.07) is 0.